The number of nitrogens with zero attached hydrogens (tertiary/aromatic N) is 1. The smallest absolute Gasteiger partial charge is 0.330 e. The lowest BCUT2D eigenvalue weighted by atomic mass is 9.96. The number of hydrazone groups is 1. The fourth-order valence-electron chi connectivity index (χ4n) is 5.49. The van der Waals surface area contributed by atoms with Crippen molar-refractivity contribution in [2.75, 3.05) is 20.3 Å². The Morgan fingerprint density at radius 3 is 2.60 bits per heavy atom. The first-order chi connectivity index (χ1) is 22.1. The van der Waals surface area contributed by atoms with Crippen LogP contribution in [0.2, 0.25) is 0 Å². The first-order valence-electron chi connectivity index (χ1n) is 15.3. The average molecular weight is 623 g/mol. The number of ether oxygens (including phenoxy) is 4. The van der Waals surface area contributed by atoms with Gasteiger partial charge in [0.15, 0.2) is 5.48 Å². The lowest BCUT2D eigenvalue weighted by molar-refractivity contribution is -0.137. The van der Waals surface area contributed by atoms with E-state index in [9.17, 15) is 4.79 Å². The van der Waals surface area contributed by atoms with Gasteiger partial charge in [0.25, 0.3) is 0 Å². The molecule has 1 atom stereocenters. The van der Waals surface area contributed by atoms with E-state index < -0.39 is 0 Å². The monoisotopic (exact) mass is 622 g/mol. The number of fused-ring (bicyclic) bond motifs is 2. The molecule has 3 aromatic carbocycles. The molecule has 0 saturated heterocycles. The highest BCUT2D eigenvalue weighted by Crippen LogP contribution is 2.44. The minimum absolute atomic E-state index is 0.0177. The number of unbranched alkanes of at least 4 members (excludes halogenated alkanes) is 3. The largest absolute Gasteiger partial charge is 0.496 e. The molecule has 45 heavy (non-hydrogen) atoms. The molecule has 0 heterocycles. The SMILES string of the molecule is C=CC(=O)OCCCCCCOc1ccc(C(=P)Oc2ccc(OC)c(/C=N/NC3C4=C(CCC=C4)c4ccccc43)c2)cc1. The summed E-state index contributed by atoms with van der Waals surface area (Å²) in [5.41, 5.74) is 10.9. The molecule has 8 heteroatoms. The second-order valence-electron chi connectivity index (χ2n) is 10.8. The lowest BCUT2D eigenvalue weighted by Crippen LogP contribution is -2.16. The predicted molar refractivity (Wildman–Crippen MR) is 183 cm³/mol. The molecule has 0 amide bonds. The van der Waals surface area contributed by atoms with Crippen LogP contribution in [-0.4, -0.2) is 38.0 Å². The number of benzene rings is 3. The van der Waals surface area contributed by atoms with Crippen LogP contribution in [0.15, 0.2) is 102 Å². The highest BCUT2D eigenvalue weighted by molar-refractivity contribution is 7.21. The molecular formula is C37H39N2O5P. The third-order valence-electron chi connectivity index (χ3n) is 7.78. The number of carbonyl (C=O) groups excluding carboxylic acids is 1. The van der Waals surface area contributed by atoms with Gasteiger partial charge in [-0.15, -0.1) is 0 Å². The topological polar surface area (TPSA) is 78.4 Å². The van der Waals surface area contributed by atoms with Crippen molar-refractivity contribution in [3.63, 3.8) is 0 Å². The van der Waals surface area contributed by atoms with Crippen molar-refractivity contribution in [2.24, 2.45) is 5.10 Å². The Kier molecular flexibility index (Phi) is 11.3. The van der Waals surface area contributed by atoms with E-state index in [0.29, 0.717) is 30.2 Å². The van der Waals surface area contributed by atoms with E-state index in [-0.39, 0.29) is 12.0 Å². The van der Waals surface area contributed by atoms with Crippen molar-refractivity contribution in [2.45, 2.75) is 44.6 Å². The van der Waals surface area contributed by atoms with Gasteiger partial charge in [-0.2, -0.15) is 5.10 Å². The van der Waals surface area contributed by atoms with Crippen LogP contribution in [0.1, 0.15) is 66.8 Å². The lowest BCUT2D eigenvalue weighted by Gasteiger charge is -2.16. The van der Waals surface area contributed by atoms with E-state index in [1.165, 1.54) is 28.3 Å². The molecule has 0 spiro atoms. The van der Waals surface area contributed by atoms with Gasteiger partial charge in [-0.05, 0) is 103 Å². The third-order valence-corrected chi connectivity index (χ3v) is 8.17. The molecule has 3 aromatic rings. The Bertz CT molecular complexity index is 1610. The number of hydrogen-bond acceptors (Lipinski definition) is 7. The predicted octanol–water partition coefficient (Wildman–Crippen LogP) is 7.85. The molecule has 7 nitrogen and oxygen atoms in total. The van der Waals surface area contributed by atoms with E-state index in [0.717, 1.165) is 55.4 Å². The van der Waals surface area contributed by atoms with Crippen molar-refractivity contribution in [1.82, 2.24) is 5.43 Å². The summed E-state index contributed by atoms with van der Waals surface area (Å²) in [5.74, 6) is 1.77. The van der Waals surface area contributed by atoms with Crippen LogP contribution in [-0.2, 0) is 9.53 Å². The second-order valence-corrected chi connectivity index (χ2v) is 11.2. The van der Waals surface area contributed by atoms with Crippen LogP contribution in [0.25, 0.3) is 5.57 Å². The minimum Gasteiger partial charge on any atom is -0.496 e. The van der Waals surface area contributed by atoms with Crippen molar-refractivity contribution in [3.05, 3.63) is 119 Å². The molecule has 0 bridgehead atoms. The van der Waals surface area contributed by atoms with Gasteiger partial charge in [-0.1, -0.05) is 51.9 Å². The summed E-state index contributed by atoms with van der Waals surface area (Å²) in [6.45, 7) is 4.44. The van der Waals surface area contributed by atoms with E-state index in [1.807, 2.05) is 42.5 Å². The van der Waals surface area contributed by atoms with E-state index in [1.54, 1.807) is 13.3 Å². The van der Waals surface area contributed by atoms with Gasteiger partial charge >= 0.3 is 5.97 Å². The van der Waals surface area contributed by atoms with Gasteiger partial charge in [0.1, 0.15) is 17.2 Å². The summed E-state index contributed by atoms with van der Waals surface area (Å²) in [6, 6.07) is 22.0. The number of carbonyl (C=O) groups is 1. The van der Waals surface area contributed by atoms with Gasteiger partial charge in [-0.25, -0.2) is 4.79 Å². The zero-order valence-corrected chi connectivity index (χ0v) is 26.6. The van der Waals surface area contributed by atoms with Crippen molar-refractivity contribution < 1.29 is 23.7 Å². The maximum Gasteiger partial charge on any atom is 0.330 e. The number of hydrogen-bond donors (Lipinski definition) is 1. The normalized spacial score (nSPS) is 14.9. The Hall–Kier alpha value is -4.61. The number of esters is 1. The number of nitrogens with one attached hydrogen (secondary N) is 1. The van der Waals surface area contributed by atoms with Crippen LogP contribution in [0.5, 0.6) is 17.2 Å². The molecule has 0 fully saturated rings. The van der Waals surface area contributed by atoms with Crippen LogP contribution in [0.3, 0.4) is 0 Å². The molecule has 0 saturated carbocycles. The fraction of sp³-hybridized carbons (Fsp3) is 0.270. The van der Waals surface area contributed by atoms with Gasteiger partial charge in [-0.3, -0.25) is 5.43 Å². The third kappa shape index (κ3) is 8.31. The molecule has 232 valence electrons. The summed E-state index contributed by atoms with van der Waals surface area (Å²) in [6.07, 6.45) is 13.3. The molecule has 0 radical (unpaired) electrons. The Balaban J connectivity index is 1.13. The first-order valence-corrected chi connectivity index (χ1v) is 15.8. The first kappa shape index (κ1) is 31.8. The second kappa shape index (κ2) is 15.9. The summed E-state index contributed by atoms with van der Waals surface area (Å²) in [5, 5.41) is 4.64. The number of methoxy groups -OCH3 is 1. The van der Waals surface area contributed by atoms with E-state index in [2.05, 4.69) is 62.4 Å². The van der Waals surface area contributed by atoms with Gasteiger partial charge < -0.3 is 18.9 Å². The van der Waals surface area contributed by atoms with Gasteiger partial charge in [0, 0.05) is 17.2 Å². The van der Waals surface area contributed by atoms with Crippen molar-refractivity contribution in [1.29, 1.82) is 0 Å². The molecule has 1 N–H and O–H groups in total. The highest BCUT2D eigenvalue weighted by atomic mass is 31.0. The van der Waals surface area contributed by atoms with Crippen molar-refractivity contribution >= 4 is 32.1 Å². The van der Waals surface area contributed by atoms with Gasteiger partial charge in [0.05, 0.1) is 32.6 Å². The molecular weight excluding hydrogens is 583 g/mol. The van der Waals surface area contributed by atoms with Crippen molar-refractivity contribution in [3.8, 4) is 17.2 Å². The quantitative estimate of drug-likeness (QED) is 0.0438. The minimum atomic E-state index is -0.373. The standard InChI is InChI=1S/C37H39N2O5P/c1-3-35(40)43-23-11-5-4-10-22-42-28-18-16-26(17-19-28)37(45)44-29-20-21-34(41-2)27(24-29)25-38-39-36-32-14-8-6-12-30(32)31-13-7-9-15-33(31)36/h3,6,8-9,12,14-21,24-25,36,39,45H,1,4-5,7,10-11,13,22-23H2,2H3/b38-25+. The fourth-order valence-corrected chi connectivity index (χ4v) is 5.78. The van der Waals surface area contributed by atoms with E-state index in [4.69, 9.17) is 18.9 Å². The maximum atomic E-state index is 11.0. The van der Waals surface area contributed by atoms with Crippen LogP contribution in [0, 0.1) is 0 Å². The Labute approximate surface area is 267 Å². The van der Waals surface area contributed by atoms with Gasteiger partial charge in [0.2, 0.25) is 0 Å². The van der Waals surface area contributed by atoms with Crippen LogP contribution in [0.4, 0.5) is 0 Å². The molecule has 2 aliphatic carbocycles. The van der Waals surface area contributed by atoms with Crippen LogP contribution >= 0.6 is 8.86 Å². The Morgan fingerprint density at radius 1 is 1.02 bits per heavy atom. The number of allylic oxidation sites excluding steroid dienone is 2. The summed E-state index contributed by atoms with van der Waals surface area (Å²) < 4.78 is 22.6. The zero-order chi connectivity index (χ0) is 31.4. The maximum absolute atomic E-state index is 11.0. The molecule has 0 aliphatic heterocycles. The molecule has 5 rings (SSSR count). The molecule has 0 aromatic heterocycles. The summed E-state index contributed by atoms with van der Waals surface area (Å²) in [4.78, 5) is 11.0. The molecule has 1 unspecified atom stereocenters. The average Bonchev–Trinajstić information content (AvgIpc) is 3.39. The summed E-state index contributed by atoms with van der Waals surface area (Å²) >= 11 is 0. The summed E-state index contributed by atoms with van der Waals surface area (Å²) in [7, 11) is 5.29. The molecule has 2 aliphatic rings. The van der Waals surface area contributed by atoms with E-state index >= 15 is 0 Å². The number of rotatable bonds is 16. The Morgan fingerprint density at radius 2 is 1.80 bits per heavy atom. The zero-order valence-electron chi connectivity index (χ0n) is 25.6. The highest BCUT2D eigenvalue weighted by Gasteiger charge is 2.30. The van der Waals surface area contributed by atoms with Crippen LogP contribution < -0.4 is 19.6 Å².